The van der Waals surface area contributed by atoms with Gasteiger partial charge < -0.3 is 11.1 Å². The number of halogens is 1. The highest BCUT2D eigenvalue weighted by molar-refractivity contribution is 6.33. The van der Waals surface area contributed by atoms with E-state index in [9.17, 15) is 10.1 Å². The van der Waals surface area contributed by atoms with Gasteiger partial charge in [0, 0.05) is 18.2 Å². The van der Waals surface area contributed by atoms with Crippen LogP contribution in [-0.4, -0.2) is 17.5 Å². The summed E-state index contributed by atoms with van der Waals surface area (Å²) in [5.74, 6) is 0.417. The van der Waals surface area contributed by atoms with Crippen LogP contribution in [0.2, 0.25) is 5.02 Å². The number of benzene rings is 1. The van der Waals surface area contributed by atoms with E-state index in [1.165, 1.54) is 12.1 Å². The molecule has 0 radical (unpaired) electrons. The first-order valence-electron chi connectivity index (χ1n) is 6.02. The van der Waals surface area contributed by atoms with Gasteiger partial charge in [0.25, 0.3) is 5.69 Å². The highest BCUT2D eigenvalue weighted by Gasteiger charge is 2.26. The van der Waals surface area contributed by atoms with Gasteiger partial charge in [-0.05, 0) is 31.4 Å². The molecule has 5 nitrogen and oxygen atoms in total. The minimum Gasteiger partial charge on any atom is -0.381 e. The van der Waals surface area contributed by atoms with Gasteiger partial charge in [0.15, 0.2) is 0 Å². The van der Waals surface area contributed by atoms with Crippen molar-refractivity contribution >= 4 is 23.0 Å². The van der Waals surface area contributed by atoms with Crippen LogP contribution in [0.25, 0.3) is 0 Å². The van der Waals surface area contributed by atoms with E-state index in [1.54, 1.807) is 6.07 Å². The monoisotopic (exact) mass is 269 g/mol. The molecule has 2 atom stereocenters. The predicted octanol–water partition coefficient (Wildman–Crippen LogP) is 2.79. The minimum absolute atomic E-state index is 0.0456. The van der Waals surface area contributed by atoms with Crippen LogP contribution < -0.4 is 11.1 Å². The Morgan fingerprint density at radius 2 is 2.28 bits per heavy atom. The quantitative estimate of drug-likeness (QED) is 0.650. The van der Waals surface area contributed by atoms with E-state index in [1.807, 2.05) is 0 Å². The third-order valence-electron chi connectivity index (χ3n) is 3.46. The number of non-ortho nitro benzene ring substituents is 1. The van der Waals surface area contributed by atoms with Crippen molar-refractivity contribution in [3.05, 3.63) is 33.3 Å². The van der Waals surface area contributed by atoms with Crippen molar-refractivity contribution in [1.82, 2.24) is 0 Å². The molecule has 0 saturated heterocycles. The largest absolute Gasteiger partial charge is 0.381 e. The average molecular weight is 270 g/mol. The summed E-state index contributed by atoms with van der Waals surface area (Å²) < 4.78 is 0. The molecular formula is C12H16ClN3O2. The highest BCUT2D eigenvalue weighted by Crippen LogP contribution is 2.32. The number of rotatable bonds is 4. The maximum Gasteiger partial charge on any atom is 0.271 e. The van der Waals surface area contributed by atoms with Crippen molar-refractivity contribution in [3.8, 4) is 0 Å². The van der Waals surface area contributed by atoms with E-state index in [0.29, 0.717) is 23.2 Å². The van der Waals surface area contributed by atoms with Gasteiger partial charge in [-0.2, -0.15) is 0 Å². The lowest BCUT2D eigenvalue weighted by molar-refractivity contribution is -0.384. The molecule has 0 bridgehead atoms. The molecule has 98 valence electrons. The summed E-state index contributed by atoms with van der Waals surface area (Å²) in [5.41, 5.74) is 6.38. The second kappa shape index (κ2) is 5.54. The first kappa shape index (κ1) is 13.1. The first-order valence-corrected chi connectivity index (χ1v) is 6.40. The number of hydrogen-bond donors (Lipinski definition) is 2. The molecule has 1 aliphatic carbocycles. The smallest absolute Gasteiger partial charge is 0.271 e. The molecule has 2 rings (SSSR count). The topological polar surface area (TPSA) is 81.2 Å². The van der Waals surface area contributed by atoms with Crippen molar-refractivity contribution in [1.29, 1.82) is 0 Å². The Morgan fingerprint density at radius 3 is 2.94 bits per heavy atom. The van der Waals surface area contributed by atoms with Crippen LogP contribution in [0.1, 0.15) is 19.3 Å². The molecule has 0 spiro atoms. The molecule has 0 amide bonds. The maximum absolute atomic E-state index is 10.7. The molecule has 6 heteroatoms. The Labute approximate surface area is 110 Å². The Morgan fingerprint density at radius 1 is 1.50 bits per heavy atom. The zero-order valence-corrected chi connectivity index (χ0v) is 10.7. The summed E-state index contributed by atoms with van der Waals surface area (Å²) in [6, 6.07) is 4.69. The van der Waals surface area contributed by atoms with E-state index in [4.69, 9.17) is 17.3 Å². The van der Waals surface area contributed by atoms with Crippen molar-refractivity contribution in [2.75, 3.05) is 11.9 Å². The van der Waals surface area contributed by atoms with Crippen LogP contribution in [0.3, 0.4) is 0 Å². The van der Waals surface area contributed by atoms with Gasteiger partial charge in [-0.15, -0.1) is 0 Å². The standard InChI is InChI=1S/C12H16ClN3O2/c13-10-5-4-9(16(17)18)6-12(10)15-11-3-1-2-8(11)7-14/h4-6,8,11,15H,1-3,7,14H2. The van der Waals surface area contributed by atoms with E-state index < -0.39 is 4.92 Å². The number of nitrogens with zero attached hydrogens (tertiary/aromatic N) is 1. The minimum atomic E-state index is -0.420. The highest BCUT2D eigenvalue weighted by atomic mass is 35.5. The Bertz CT molecular complexity index is 453. The van der Waals surface area contributed by atoms with E-state index in [2.05, 4.69) is 5.32 Å². The van der Waals surface area contributed by atoms with Crippen molar-refractivity contribution in [2.24, 2.45) is 11.7 Å². The number of nitro benzene ring substituents is 1. The summed E-state index contributed by atoms with van der Waals surface area (Å²) in [6.45, 7) is 0.629. The van der Waals surface area contributed by atoms with Crippen LogP contribution in [0.5, 0.6) is 0 Å². The van der Waals surface area contributed by atoms with Crippen molar-refractivity contribution in [2.45, 2.75) is 25.3 Å². The summed E-state index contributed by atoms with van der Waals surface area (Å²) in [5, 5.41) is 14.5. The molecule has 1 aromatic carbocycles. The Kier molecular flexibility index (Phi) is 4.04. The van der Waals surface area contributed by atoms with Gasteiger partial charge in [-0.3, -0.25) is 10.1 Å². The Hall–Kier alpha value is -1.33. The molecule has 0 aliphatic heterocycles. The number of nitrogens with two attached hydrogens (primary N) is 1. The average Bonchev–Trinajstić information content (AvgIpc) is 2.79. The van der Waals surface area contributed by atoms with Crippen LogP contribution in [0, 0.1) is 16.0 Å². The molecule has 1 aliphatic rings. The zero-order chi connectivity index (χ0) is 13.1. The van der Waals surface area contributed by atoms with Gasteiger partial charge in [0.1, 0.15) is 0 Å². The fourth-order valence-corrected chi connectivity index (χ4v) is 2.62. The molecular weight excluding hydrogens is 254 g/mol. The van der Waals surface area contributed by atoms with Gasteiger partial charge in [-0.25, -0.2) is 0 Å². The third-order valence-corrected chi connectivity index (χ3v) is 3.79. The predicted molar refractivity (Wildman–Crippen MR) is 71.9 cm³/mol. The molecule has 3 N–H and O–H groups in total. The van der Waals surface area contributed by atoms with Gasteiger partial charge in [0.05, 0.1) is 15.6 Å². The molecule has 0 aromatic heterocycles. The van der Waals surface area contributed by atoms with Gasteiger partial charge in [-0.1, -0.05) is 18.0 Å². The number of anilines is 1. The van der Waals surface area contributed by atoms with E-state index in [-0.39, 0.29) is 11.7 Å². The lowest BCUT2D eigenvalue weighted by Crippen LogP contribution is -2.29. The fourth-order valence-electron chi connectivity index (χ4n) is 2.45. The van der Waals surface area contributed by atoms with Gasteiger partial charge in [0.2, 0.25) is 0 Å². The van der Waals surface area contributed by atoms with Crippen molar-refractivity contribution < 1.29 is 4.92 Å². The van der Waals surface area contributed by atoms with Crippen LogP contribution in [0.15, 0.2) is 18.2 Å². The first-order chi connectivity index (χ1) is 8.61. The van der Waals surface area contributed by atoms with Crippen LogP contribution in [0.4, 0.5) is 11.4 Å². The zero-order valence-electron chi connectivity index (χ0n) is 9.93. The summed E-state index contributed by atoms with van der Waals surface area (Å²) in [4.78, 5) is 10.3. The number of nitrogens with one attached hydrogen (secondary N) is 1. The van der Waals surface area contributed by atoms with E-state index in [0.717, 1.165) is 19.3 Å². The van der Waals surface area contributed by atoms with Gasteiger partial charge >= 0.3 is 0 Å². The lowest BCUT2D eigenvalue weighted by Gasteiger charge is -2.21. The normalized spacial score (nSPS) is 23.0. The van der Waals surface area contributed by atoms with Crippen LogP contribution in [-0.2, 0) is 0 Å². The third kappa shape index (κ3) is 2.73. The Balaban J connectivity index is 2.17. The fraction of sp³-hybridized carbons (Fsp3) is 0.500. The lowest BCUT2D eigenvalue weighted by atomic mass is 10.0. The number of nitro groups is 1. The summed E-state index contributed by atoms with van der Waals surface area (Å²) >= 11 is 6.05. The van der Waals surface area contributed by atoms with E-state index >= 15 is 0 Å². The van der Waals surface area contributed by atoms with Crippen molar-refractivity contribution in [3.63, 3.8) is 0 Å². The molecule has 1 saturated carbocycles. The maximum atomic E-state index is 10.7. The SMILES string of the molecule is NCC1CCCC1Nc1cc([N+](=O)[O-])ccc1Cl. The molecule has 1 aromatic rings. The molecule has 18 heavy (non-hydrogen) atoms. The summed E-state index contributed by atoms with van der Waals surface area (Å²) in [7, 11) is 0. The second-order valence-electron chi connectivity index (χ2n) is 4.60. The molecule has 1 fully saturated rings. The molecule has 2 unspecified atom stereocenters. The molecule has 0 heterocycles. The van der Waals surface area contributed by atoms with Crippen LogP contribution >= 0.6 is 11.6 Å². The second-order valence-corrected chi connectivity index (χ2v) is 5.01. The number of hydrogen-bond acceptors (Lipinski definition) is 4. The summed E-state index contributed by atoms with van der Waals surface area (Å²) in [6.07, 6.45) is 3.26.